The maximum Gasteiger partial charge on any atom is 0.270 e. The number of H-pyrrole nitrogens is 1. The lowest BCUT2D eigenvalue weighted by molar-refractivity contribution is 0.0686. The Bertz CT molecular complexity index is 966. The van der Waals surface area contributed by atoms with Gasteiger partial charge in [0.1, 0.15) is 11.5 Å². The number of rotatable bonds is 7. The van der Waals surface area contributed by atoms with Crippen LogP contribution >= 0.6 is 0 Å². The third kappa shape index (κ3) is 4.90. The fraction of sp³-hybridized carbons (Fsp3) is 0.400. The van der Waals surface area contributed by atoms with E-state index in [9.17, 15) is 9.18 Å². The zero-order valence-corrected chi connectivity index (χ0v) is 17.6. The molecular formula is C25H30FN3O. The number of benzene rings is 2. The molecule has 1 fully saturated rings. The normalized spacial score (nSPS) is 17.3. The van der Waals surface area contributed by atoms with Gasteiger partial charge in [-0.25, -0.2) is 4.39 Å². The second-order valence-corrected chi connectivity index (χ2v) is 8.30. The number of hydrogen-bond donors (Lipinski definition) is 1. The SMILES string of the molecule is CCN(CC1CCCN(CCc2cccc(F)c2)C1)C(=O)c1cc2ccccc2[nH]1. The average Bonchev–Trinajstić information content (AvgIpc) is 3.20. The molecule has 4 nitrogen and oxygen atoms in total. The summed E-state index contributed by atoms with van der Waals surface area (Å²) in [5.41, 5.74) is 2.70. The Labute approximate surface area is 177 Å². The van der Waals surface area contributed by atoms with Crippen LogP contribution in [0.25, 0.3) is 10.9 Å². The van der Waals surface area contributed by atoms with E-state index < -0.39 is 0 Å². The highest BCUT2D eigenvalue weighted by molar-refractivity contribution is 5.98. The number of halogens is 1. The molecule has 0 spiro atoms. The summed E-state index contributed by atoms with van der Waals surface area (Å²) in [6.45, 7) is 6.53. The average molecular weight is 408 g/mol. The number of carbonyl (C=O) groups excluding carboxylic acids is 1. The van der Waals surface area contributed by atoms with Crippen molar-refractivity contribution in [2.24, 2.45) is 5.92 Å². The van der Waals surface area contributed by atoms with E-state index in [4.69, 9.17) is 0 Å². The summed E-state index contributed by atoms with van der Waals surface area (Å²) < 4.78 is 13.4. The van der Waals surface area contributed by atoms with E-state index in [1.165, 1.54) is 6.07 Å². The molecule has 1 unspecified atom stereocenters. The number of hydrogen-bond acceptors (Lipinski definition) is 2. The fourth-order valence-corrected chi connectivity index (χ4v) is 4.51. The van der Waals surface area contributed by atoms with Crippen LogP contribution in [0.4, 0.5) is 4.39 Å². The van der Waals surface area contributed by atoms with Crippen molar-refractivity contribution in [1.29, 1.82) is 0 Å². The predicted octanol–water partition coefficient (Wildman–Crippen LogP) is 4.72. The molecule has 30 heavy (non-hydrogen) atoms. The maximum atomic E-state index is 13.4. The van der Waals surface area contributed by atoms with Gasteiger partial charge < -0.3 is 14.8 Å². The van der Waals surface area contributed by atoms with E-state index in [1.54, 1.807) is 12.1 Å². The highest BCUT2D eigenvalue weighted by Gasteiger charge is 2.25. The van der Waals surface area contributed by atoms with Crippen LogP contribution < -0.4 is 0 Å². The summed E-state index contributed by atoms with van der Waals surface area (Å²) in [6.07, 6.45) is 3.15. The van der Waals surface area contributed by atoms with Gasteiger partial charge in [0.15, 0.2) is 0 Å². The Morgan fingerprint density at radius 1 is 1.20 bits per heavy atom. The van der Waals surface area contributed by atoms with Crippen LogP contribution in [0, 0.1) is 11.7 Å². The van der Waals surface area contributed by atoms with Gasteiger partial charge in [-0.05, 0) is 68.5 Å². The zero-order valence-electron chi connectivity index (χ0n) is 17.6. The number of amides is 1. The third-order valence-electron chi connectivity index (χ3n) is 6.12. The number of likely N-dealkylation sites (tertiary alicyclic amines) is 1. The van der Waals surface area contributed by atoms with Crippen molar-refractivity contribution in [3.8, 4) is 0 Å². The maximum absolute atomic E-state index is 13.4. The lowest BCUT2D eigenvalue weighted by Crippen LogP contribution is -2.43. The van der Waals surface area contributed by atoms with Crippen LogP contribution in [-0.4, -0.2) is 53.4 Å². The Hall–Kier alpha value is -2.66. The Morgan fingerprint density at radius 2 is 2.07 bits per heavy atom. The molecule has 1 aliphatic heterocycles. The smallest absolute Gasteiger partial charge is 0.270 e. The van der Waals surface area contributed by atoms with Gasteiger partial charge >= 0.3 is 0 Å². The summed E-state index contributed by atoms with van der Waals surface area (Å²) in [5.74, 6) is 0.378. The molecule has 1 N–H and O–H groups in total. The highest BCUT2D eigenvalue weighted by atomic mass is 19.1. The molecule has 5 heteroatoms. The number of fused-ring (bicyclic) bond motifs is 1. The first-order chi connectivity index (χ1) is 14.6. The molecular weight excluding hydrogens is 377 g/mol. The van der Waals surface area contributed by atoms with E-state index in [-0.39, 0.29) is 11.7 Å². The molecule has 0 aliphatic carbocycles. The van der Waals surface area contributed by atoms with Crippen LogP contribution in [0.3, 0.4) is 0 Å². The molecule has 4 rings (SSSR count). The molecule has 1 amide bonds. The standard InChI is InChI=1S/C25H30FN3O/c1-2-29(25(30)24-16-21-9-3-4-11-23(21)27-24)18-20-8-6-13-28(17-20)14-12-19-7-5-10-22(26)15-19/h3-5,7,9-11,15-16,20,27H,2,6,8,12-14,17-18H2,1H3. The minimum Gasteiger partial charge on any atom is -0.351 e. The lowest BCUT2D eigenvalue weighted by atomic mass is 9.96. The number of para-hydroxylation sites is 1. The summed E-state index contributed by atoms with van der Waals surface area (Å²) in [6, 6.07) is 16.8. The van der Waals surface area contributed by atoms with Crippen LogP contribution in [0.1, 0.15) is 35.8 Å². The quantitative estimate of drug-likeness (QED) is 0.615. The molecule has 0 saturated carbocycles. The second-order valence-electron chi connectivity index (χ2n) is 8.30. The van der Waals surface area contributed by atoms with Gasteiger partial charge in [-0.15, -0.1) is 0 Å². The molecule has 2 aromatic carbocycles. The van der Waals surface area contributed by atoms with Gasteiger partial charge in [-0.2, -0.15) is 0 Å². The van der Waals surface area contributed by atoms with Gasteiger partial charge in [-0.3, -0.25) is 4.79 Å². The van der Waals surface area contributed by atoms with Crippen molar-refractivity contribution in [2.45, 2.75) is 26.2 Å². The number of carbonyl (C=O) groups is 1. The van der Waals surface area contributed by atoms with Gasteiger partial charge in [0, 0.05) is 37.1 Å². The minimum absolute atomic E-state index is 0.0746. The number of aromatic amines is 1. The molecule has 0 radical (unpaired) electrons. The van der Waals surface area contributed by atoms with Crippen LogP contribution in [0.5, 0.6) is 0 Å². The van der Waals surface area contributed by atoms with Gasteiger partial charge in [-0.1, -0.05) is 30.3 Å². The predicted molar refractivity (Wildman–Crippen MR) is 119 cm³/mol. The van der Waals surface area contributed by atoms with Crippen molar-refractivity contribution in [3.63, 3.8) is 0 Å². The van der Waals surface area contributed by atoms with Crippen molar-refractivity contribution < 1.29 is 9.18 Å². The van der Waals surface area contributed by atoms with E-state index in [0.29, 0.717) is 18.2 Å². The summed E-state index contributed by atoms with van der Waals surface area (Å²) in [5, 5.41) is 1.07. The van der Waals surface area contributed by atoms with Crippen LogP contribution in [-0.2, 0) is 6.42 Å². The topological polar surface area (TPSA) is 39.3 Å². The first-order valence-electron chi connectivity index (χ1n) is 11.0. The fourth-order valence-electron chi connectivity index (χ4n) is 4.51. The summed E-state index contributed by atoms with van der Waals surface area (Å²) in [7, 11) is 0. The van der Waals surface area contributed by atoms with Crippen molar-refractivity contribution in [3.05, 3.63) is 71.7 Å². The monoisotopic (exact) mass is 407 g/mol. The second kappa shape index (κ2) is 9.43. The van der Waals surface area contributed by atoms with Gasteiger partial charge in [0.25, 0.3) is 5.91 Å². The van der Waals surface area contributed by atoms with E-state index in [1.807, 2.05) is 48.2 Å². The molecule has 158 valence electrons. The number of nitrogens with one attached hydrogen (secondary N) is 1. The Kier molecular flexibility index (Phi) is 6.48. The van der Waals surface area contributed by atoms with Crippen molar-refractivity contribution in [2.75, 3.05) is 32.7 Å². The number of aromatic nitrogens is 1. The molecule has 0 bridgehead atoms. The number of piperidine rings is 1. The molecule has 2 heterocycles. The van der Waals surface area contributed by atoms with Crippen molar-refractivity contribution in [1.82, 2.24) is 14.8 Å². The number of nitrogens with zero attached hydrogens (tertiary/aromatic N) is 2. The Morgan fingerprint density at radius 3 is 2.87 bits per heavy atom. The first-order valence-corrected chi connectivity index (χ1v) is 11.0. The first kappa shape index (κ1) is 20.6. The van der Waals surface area contributed by atoms with E-state index in [2.05, 4.69) is 9.88 Å². The molecule has 3 aromatic rings. The molecule has 1 atom stereocenters. The molecule has 1 saturated heterocycles. The van der Waals surface area contributed by atoms with E-state index >= 15 is 0 Å². The van der Waals surface area contributed by atoms with Gasteiger partial charge in [0.05, 0.1) is 0 Å². The summed E-state index contributed by atoms with van der Waals surface area (Å²) in [4.78, 5) is 20.8. The highest BCUT2D eigenvalue weighted by Crippen LogP contribution is 2.21. The third-order valence-corrected chi connectivity index (χ3v) is 6.12. The molecule has 1 aromatic heterocycles. The van der Waals surface area contributed by atoms with Crippen LogP contribution in [0.15, 0.2) is 54.6 Å². The van der Waals surface area contributed by atoms with E-state index in [0.717, 1.165) is 61.9 Å². The largest absolute Gasteiger partial charge is 0.351 e. The zero-order chi connectivity index (χ0) is 20.9. The van der Waals surface area contributed by atoms with Crippen molar-refractivity contribution >= 4 is 16.8 Å². The minimum atomic E-state index is -0.168. The van der Waals surface area contributed by atoms with Crippen LogP contribution in [0.2, 0.25) is 0 Å². The van der Waals surface area contributed by atoms with Gasteiger partial charge in [0.2, 0.25) is 0 Å². The summed E-state index contributed by atoms with van der Waals surface area (Å²) >= 11 is 0. The Balaban J connectivity index is 1.35. The molecule has 1 aliphatic rings. The lowest BCUT2D eigenvalue weighted by Gasteiger charge is -2.35.